The van der Waals surface area contributed by atoms with Crippen LogP contribution in [0.5, 0.6) is 0 Å². The zero-order chi connectivity index (χ0) is 75.4. The number of ketones is 2. The molecule has 21 aliphatic rings. The molecule has 0 aliphatic carbocycles. The quantitative estimate of drug-likeness (QED) is 0.0340. The Bertz CT molecular complexity index is 2610. The third-order valence-electron chi connectivity index (χ3n) is 18.6. The standard InChI is InChI=1S/C59H97NO41S2/c1-19(66)3-5-86-7-8-87-6-4-21(67)9-20(51(82)83)15-102-17-28-49-35(73)42(80)58(93-28)98-47-26(13-64)89-55(38(76)31(47)69)97-46-25(12-63)92-57(41(79)34(46)72)101-50-29(18-103-16-22(60-2)52(84)85)94-59(43(81)36(50)74)99-48-27(14-65)90-54(39(77)32(48)70)95-44-23(10-61)88-53(37(75)30(44)68)96-45-24(11-62)91-56(100-49)40(78)33(45)71/h20,22-50,53-65,68-81H,3-18H2,1-2H3,(H,82,83)(H,84,85)/t20-,22-,23?,24?,25?,26?,27?,28?,29?,30-,31-,32-,33-,34+,35-,36-,37?,38?,39?,40?,41?,42?,43?,44-,45-,46-,47-,48-,49-,50-,53-,54-,55+,56-,57+,58-,59+/m1/s1. The van der Waals surface area contributed by atoms with Crippen molar-refractivity contribution in [1.29, 1.82) is 0 Å². The van der Waals surface area contributed by atoms with E-state index in [-0.39, 0.29) is 62.3 Å². The number of likely N-dealkylation sites (N-methyl/N-ethyl adjacent to an activating group) is 1. The molecule has 21 fully saturated rings. The molecule has 0 aromatic carbocycles. The van der Waals surface area contributed by atoms with Crippen LogP contribution in [0.1, 0.15) is 26.2 Å². The van der Waals surface area contributed by atoms with Gasteiger partial charge in [-0.05, 0) is 14.0 Å². The number of thioether (sulfide) groups is 2. The van der Waals surface area contributed by atoms with Gasteiger partial charge in [-0.2, -0.15) is 23.5 Å². The van der Waals surface area contributed by atoms with E-state index in [1.165, 1.54) is 14.0 Å². The Hall–Kier alpha value is -2.46. The maximum atomic E-state index is 13.0. The van der Waals surface area contributed by atoms with Gasteiger partial charge in [0.25, 0.3) is 0 Å². The van der Waals surface area contributed by atoms with Crippen LogP contribution in [-0.2, 0) is 95.0 Å². The average Bonchev–Trinajstić information content (AvgIpc) is 0.785. The van der Waals surface area contributed by atoms with Gasteiger partial charge in [0.1, 0.15) is 176 Å². The SMILES string of the molecule is CN[C@H](CSCC1O[C@H]2O[C@@H]3C(CO)O[C@H](O[C@@H]4C(CO)O[C@H](O[C@@H]5C(CO)O[C@H](O[C@@H]6C(CSC[C@@H](CC(=O)CCOCCOCCC(C)=O)C(=O)O)O[C@H](O[C@@H]7C(CO)O[C@@H](O[C@@H]8C(CO)O[C@@H](O[C@H]1[C@H](O)C2O)C(O)[C@@H]8O)C(O)[C@H]7O)C(O)[C@H]6O)C(O)[C@H]5O)C(O)[C@H]4O)C(O)[C@H]3O)C(=O)O. The molecule has 14 unspecified atom stereocenters. The van der Waals surface area contributed by atoms with Gasteiger partial charge in [-0.25, -0.2) is 0 Å². The monoisotopic (exact) mass is 1540 g/mol. The molecule has 0 aromatic heterocycles. The molecule has 21 heterocycles. The van der Waals surface area contributed by atoms with Crippen LogP contribution in [0, 0.1) is 5.92 Å². The lowest BCUT2D eigenvalue weighted by atomic mass is 9.95. The van der Waals surface area contributed by atoms with Crippen LogP contribution in [0.25, 0.3) is 0 Å². The van der Waals surface area contributed by atoms with Crippen molar-refractivity contribution in [1.82, 2.24) is 5.32 Å². The predicted molar refractivity (Wildman–Crippen MR) is 332 cm³/mol. The summed E-state index contributed by atoms with van der Waals surface area (Å²) in [5.41, 5.74) is 0. The number of nitrogens with one attached hydrogen (secondary N) is 1. The predicted octanol–water partition coefficient (Wildman–Crippen LogP) is -13.0. The lowest BCUT2D eigenvalue weighted by Crippen LogP contribution is -2.68. The molecule has 0 saturated carbocycles. The molecule has 103 heavy (non-hydrogen) atoms. The summed E-state index contributed by atoms with van der Waals surface area (Å²) in [6.07, 6.45) is -73.1. The second-order valence-corrected chi connectivity index (χ2v) is 27.9. The van der Waals surface area contributed by atoms with E-state index in [1.54, 1.807) is 0 Å². The first kappa shape index (κ1) is 86.1. The molecular weight excluding hydrogens is 1440 g/mol. The molecular formula is C59H97NO41S2. The smallest absolute Gasteiger partial charge is 0.321 e. The highest BCUT2D eigenvalue weighted by atomic mass is 32.2. The zero-order valence-corrected chi connectivity index (χ0v) is 57.2. The number of carbonyl (C=O) groups is 4. The van der Waals surface area contributed by atoms with Crippen LogP contribution < -0.4 is 5.32 Å². The van der Waals surface area contributed by atoms with Gasteiger partial charge in [0.2, 0.25) is 0 Å². The number of carbonyl (C=O) groups excluding carboxylic acids is 2. The topological polar surface area (TPSA) is 653 Å². The van der Waals surface area contributed by atoms with Crippen molar-refractivity contribution in [3.8, 4) is 0 Å². The number of rotatable bonds is 27. The number of aliphatic carboxylic acids is 2. The molecule has 0 aromatic rings. The summed E-state index contributed by atoms with van der Waals surface area (Å²) >= 11 is 1.66. The summed E-state index contributed by atoms with van der Waals surface area (Å²) in [6.45, 7) is -3.91. The average molecular weight is 1540 g/mol. The Kier molecular flexibility index (Phi) is 33.4. The van der Waals surface area contributed by atoms with Crippen molar-refractivity contribution in [2.45, 2.75) is 247 Å². The lowest BCUT2D eigenvalue weighted by molar-refractivity contribution is -0.395. The fraction of sp³-hybridized carbons (Fsp3) is 0.932. The molecule has 0 radical (unpaired) electrons. The van der Waals surface area contributed by atoms with Gasteiger partial charge in [0, 0.05) is 42.3 Å². The van der Waals surface area contributed by atoms with Crippen molar-refractivity contribution < 1.29 is 202 Å². The maximum absolute atomic E-state index is 13.0. The van der Waals surface area contributed by atoms with Gasteiger partial charge in [-0.1, -0.05) is 0 Å². The van der Waals surface area contributed by atoms with Crippen LogP contribution in [0.2, 0.25) is 0 Å². The molecule has 596 valence electrons. The third kappa shape index (κ3) is 21.0. The number of aliphatic hydroxyl groups is 19. The molecule has 0 amide bonds. The molecule has 21 saturated heterocycles. The van der Waals surface area contributed by atoms with Gasteiger partial charge in [-0.3, -0.25) is 19.2 Å². The Morgan fingerprint density at radius 3 is 0.845 bits per heavy atom. The number of aliphatic hydroxyl groups excluding tert-OH is 19. The van der Waals surface area contributed by atoms with E-state index in [4.69, 9.17) is 75.8 Å². The molecule has 0 spiro atoms. The molecule has 14 bridgehead atoms. The minimum absolute atomic E-state index is 0.0645. The van der Waals surface area contributed by atoms with Crippen LogP contribution >= 0.6 is 23.5 Å². The minimum Gasteiger partial charge on any atom is -0.481 e. The lowest BCUT2D eigenvalue weighted by Gasteiger charge is -2.50. The minimum atomic E-state index is -2.31. The third-order valence-corrected chi connectivity index (χ3v) is 20.9. The summed E-state index contributed by atoms with van der Waals surface area (Å²) in [7, 11) is 1.35. The van der Waals surface area contributed by atoms with E-state index in [2.05, 4.69) is 5.32 Å². The molecule has 21 aliphatic heterocycles. The Morgan fingerprint density at radius 2 is 0.602 bits per heavy atom. The number of carboxylic acids is 2. The molecule has 44 heteroatoms. The number of hydrogen-bond acceptors (Lipinski definition) is 42. The highest BCUT2D eigenvalue weighted by molar-refractivity contribution is 7.99. The van der Waals surface area contributed by atoms with E-state index in [0.29, 0.717) is 0 Å². The second kappa shape index (κ2) is 40.0. The van der Waals surface area contributed by atoms with Gasteiger partial charge < -0.3 is 188 Å². The summed E-state index contributed by atoms with van der Waals surface area (Å²) in [4.78, 5) is 48.7. The van der Waals surface area contributed by atoms with E-state index >= 15 is 0 Å². The fourth-order valence-corrected chi connectivity index (χ4v) is 15.0. The fourth-order valence-electron chi connectivity index (χ4n) is 12.6. The molecule has 37 atom stereocenters. The second-order valence-electron chi connectivity index (χ2n) is 25.7. The largest absolute Gasteiger partial charge is 0.481 e. The van der Waals surface area contributed by atoms with Gasteiger partial charge in [0.05, 0.1) is 77.6 Å². The first-order valence-corrected chi connectivity index (χ1v) is 35.5. The van der Waals surface area contributed by atoms with Gasteiger partial charge >= 0.3 is 11.9 Å². The first-order valence-electron chi connectivity index (χ1n) is 33.2. The molecule has 22 N–H and O–H groups in total. The van der Waals surface area contributed by atoms with E-state index < -0.39 is 290 Å². The van der Waals surface area contributed by atoms with Crippen molar-refractivity contribution in [2.75, 3.05) is 89.5 Å². The van der Waals surface area contributed by atoms with Crippen molar-refractivity contribution in [2.24, 2.45) is 5.92 Å². The first-order chi connectivity index (χ1) is 49.0. The summed E-state index contributed by atoms with van der Waals surface area (Å²) in [5.74, 6) is -6.08. The van der Waals surface area contributed by atoms with Crippen LogP contribution in [-0.4, -0.2) is 441 Å². The van der Waals surface area contributed by atoms with Gasteiger partial charge in [-0.15, -0.1) is 0 Å². The Labute approximate surface area is 595 Å². The van der Waals surface area contributed by atoms with E-state index in [1.807, 2.05) is 0 Å². The number of hydrogen-bond donors (Lipinski definition) is 22. The Balaban J connectivity index is 1.08. The summed E-state index contributed by atoms with van der Waals surface area (Å²) < 4.78 is 93.3. The van der Waals surface area contributed by atoms with E-state index in [9.17, 15) is 126 Å². The maximum Gasteiger partial charge on any atom is 0.321 e. The van der Waals surface area contributed by atoms with Crippen molar-refractivity contribution >= 4 is 47.0 Å². The number of Topliss-reactive ketones (excluding diaryl/α,β-unsaturated/α-hetero) is 2. The molecule has 21 rings (SSSR count). The van der Waals surface area contributed by atoms with Crippen molar-refractivity contribution in [3.63, 3.8) is 0 Å². The van der Waals surface area contributed by atoms with Crippen LogP contribution in [0.3, 0.4) is 0 Å². The molecule has 42 nitrogen and oxygen atoms in total. The highest BCUT2D eigenvalue weighted by Gasteiger charge is 2.60. The highest BCUT2D eigenvalue weighted by Crippen LogP contribution is 2.40. The van der Waals surface area contributed by atoms with Crippen LogP contribution in [0.15, 0.2) is 0 Å². The van der Waals surface area contributed by atoms with E-state index in [0.717, 1.165) is 23.5 Å². The summed E-state index contributed by atoms with van der Waals surface area (Å²) in [5, 5.41) is 239. The Morgan fingerprint density at radius 1 is 0.350 bits per heavy atom. The number of carboxylic acid groups (broad SMARTS) is 2. The number of ether oxygens (including phenoxy) is 16. The van der Waals surface area contributed by atoms with Gasteiger partial charge in [0.15, 0.2) is 44.0 Å². The summed E-state index contributed by atoms with van der Waals surface area (Å²) in [6, 6.07) is -1.18. The zero-order valence-electron chi connectivity index (χ0n) is 55.5. The van der Waals surface area contributed by atoms with Crippen LogP contribution in [0.4, 0.5) is 0 Å². The van der Waals surface area contributed by atoms with Crippen molar-refractivity contribution in [3.05, 3.63) is 0 Å². The normalized spacial score (nSPS) is 44.9.